The van der Waals surface area contributed by atoms with Crippen molar-refractivity contribution in [1.82, 2.24) is 0 Å². The minimum absolute atomic E-state index is 0.225. The molecule has 0 amide bonds. The number of hydrogen-bond donors (Lipinski definition) is 1. The molecule has 0 unspecified atom stereocenters. The molecule has 2 fully saturated rings. The van der Waals surface area contributed by atoms with Gasteiger partial charge in [0.05, 0.1) is 0 Å². The number of hydrogen-bond acceptors (Lipinski definition) is 3. The van der Waals surface area contributed by atoms with Crippen molar-refractivity contribution in [3.8, 4) is 5.75 Å². The summed E-state index contributed by atoms with van der Waals surface area (Å²) in [4.78, 5) is 0. The molecule has 114 valence electrons. The highest BCUT2D eigenvalue weighted by atomic mass is 35.5. The highest BCUT2D eigenvalue weighted by Gasteiger charge is 2.61. The second-order valence-corrected chi connectivity index (χ2v) is 8.57. The standard InChI is InChI=1S/C17H22ClNOS/c1-16(2)12-6-7-17(16,3)15(9-12)21-19-10-11-8-13(18)4-5-14(11)20/h4-5,8,10,12,15,20H,6-7,9H2,1-3H3/b19-10+/t12-,15-,17+/m0/s1. The zero-order valence-electron chi connectivity index (χ0n) is 12.8. The summed E-state index contributed by atoms with van der Waals surface area (Å²) in [6.45, 7) is 7.25. The van der Waals surface area contributed by atoms with Crippen LogP contribution in [0.15, 0.2) is 22.6 Å². The molecule has 21 heavy (non-hydrogen) atoms. The fraction of sp³-hybridized carbons (Fsp3) is 0.588. The topological polar surface area (TPSA) is 32.6 Å². The third kappa shape index (κ3) is 2.39. The Bertz CT molecular complexity index is 586. The fourth-order valence-electron chi connectivity index (χ4n) is 4.08. The van der Waals surface area contributed by atoms with E-state index >= 15 is 0 Å². The number of benzene rings is 1. The van der Waals surface area contributed by atoms with E-state index in [4.69, 9.17) is 11.6 Å². The second-order valence-electron chi connectivity index (χ2n) is 7.14. The first-order valence-corrected chi connectivity index (χ1v) is 8.74. The summed E-state index contributed by atoms with van der Waals surface area (Å²) in [5, 5.41) is 11.0. The van der Waals surface area contributed by atoms with Gasteiger partial charge in [-0.3, -0.25) is 0 Å². The Morgan fingerprint density at radius 1 is 1.38 bits per heavy atom. The largest absolute Gasteiger partial charge is 0.507 e. The van der Waals surface area contributed by atoms with Crippen molar-refractivity contribution >= 4 is 29.8 Å². The van der Waals surface area contributed by atoms with Crippen molar-refractivity contribution in [1.29, 1.82) is 0 Å². The molecule has 1 aromatic carbocycles. The molecule has 3 rings (SSSR count). The molecule has 0 radical (unpaired) electrons. The Labute approximate surface area is 136 Å². The van der Waals surface area contributed by atoms with Crippen LogP contribution in [0, 0.1) is 16.7 Å². The molecule has 3 atom stereocenters. The molecule has 0 spiro atoms. The minimum atomic E-state index is 0.225. The summed E-state index contributed by atoms with van der Waals surface area (Å²) in [6, 6.07) is 5.03. The molecule has 2 saturated carbocycles. The van der Waals surface area contributed by atoms with Crippen molar-refractivity contribution in [2.75, 3.05) is 0 Å². The van der Waals surface area contributed by atoms with Crippen LogP contribution in [0.1, 0.15) is 45.6 Å². The van der Waals surface area contributed by atoms with Gasteiger partial charge in [0.15, 0.2) is 0 Å². The van der Waals surface area contributed by atoms with E-state index in [0.717, 1.165) is 5.92 Å². The van der Waals surface area contributed by atoms with E-state index < -0.39 is 0 Å². The fourth-order valence-corrected chi connectivity index (χ4v) is 5.55. The van der Waals surface area contributed by atoms with Gasteiger partial charge in [-0.25, -0.2) is 4.40 Å². The van der Waals surface area contributed by atoms with Crippen LogP contribution < -0.4 is 0 Å². The number of phenolic OH excluding ortho intramolecular Hbond substituents is 1. The molecular weight excluding hydrogens is 302 g/mol. The first-order chi connectivity index (χ1) is 9.84. The lowest BCUT2D eigenvalue weighted by Crippen LogP contribution is -2.33. The summed E-state index contributed by atoms with van der Waals surface area (Å²) in [6.07, 6.45) is 5.65. The van der Waals surface area contributed by atoms with E-state index in [1.165, 1.54) is 19.3 Å². The Hall–Kier alpha value is -0.670. The van der Waals surface area contributed by atoms with Gasteiger partial charge in [-0.2, -0.15) is 0 Å². The lowest BCUT2D eigenvalue weighted by Gasteiger charge is -2.38. The number of fused-ring (bicyclic) bond motifs is 2. The van der Waals surface area contributed by atoms with Crippen molar-refractivity contribution in [2.45, 2.75) is 45.3 Å². The van der Waals surface area contributed by atoms with Crippen LogP contribution in [-0.2, 0) is 0 Å². The summed E-state index contributed by atoms with van der Waals surface area (Å²) >= 11 is 7.63. The Morgan fingerprint density at radius 3 is 2.76 bits per heavy atom. The van der Waals surface area contributed by atoms with Crippen molar-refractivity contribution in [2.24, 2.45) is 21.1 Å². The smallest absolute Gasteiger partial charge is 0.124 e. The average Bonchev–Trinajstić information content (AvgIpc) is 2.76. The SMILES string of the molecule is CC1(C)[C@H]2CC[C@]1(C)[C@@H](S/N=C/c1cc(Cl)ccc1O)C2. The van der Waals surface area contributed by atoms with Gasteiger partial charge >= 0.3 is 0 Å². The molecule has 2 aliphatic rings. The van der Waals surface area contributed by atoms with Crippen LogP contribution in [0.25, 0.3) is 0 Å². The van der Waals surface area contributed by atoms with Crippen LogP contribution in [0.2, 0.25) is 5.02 Å². The summed E-state index contributed by atoms with van der Waals surface area (Å²) in [5.74, 6) is 1.05. The van der Waals surface area contributed by atoms with E-state index in [1.54, 1.807) is 36.4 Å². The van der Waals surface area contributed by atoms with Gasteiger partial charge < -0.3 is 5.11 Å². The first kappa shape index (κ1) is 15.2. The molecule has 4 heteroatoms. The van der Waals surface area contributed by atoms with Crippen LogP contribution >= 0.6 is 23.5 Å². The van der Waals surface area contributed by atoms with E-state index in [-0.39, 0.29) is 5.75 Å². The predicted octanol–water partition coefficient (Wildman–Crippen LogP) is 5.33. The number of aromatic hydroxyl groups is 1. The summed E-state index contributed by atoms with van der Waals surface area (Å²) < 4.78 is 4.53. The van der Waals surface area contributed by atoms with Gasteiger partial charge in [0.1, 0.15) is 5.75 Å². The quantitative estimate of drug-likeness (QED) is 0.602. The van der Waals surface area contributed by atoms with Crippen LogP contribution in [0.3, 0.4) is 0 Å². The van der Waals surface area contributed by atoms with E-state index in [9.17, 15) is 5.11 Å². The average molecular weight is 324 g/mol. The van der Waals surface area contributed by atoms with Crippen LogP contribution in [0.4, 0.5) is 0 Å². The number of nitrogens with zero attached hydrogens (tertiary/aromatic N) is 1. The number of halogens is 1. The maximum atomic E-state index is 9.81. The maximum Gasteiger partial charge on any atom is 0.124 e. The normalized spacial score (nSPS) is 33.9. The Balaban J connectivity index is 1.72. The highest BCUT2D eigenvalue weighted by Crippen LogP contribution is 2.68. The van der Waals surface area contributed by atoms with E-state index in [2.05, 4.69) is 25.2 Å². The monoisotopic (exact) mass is 323 g/mol. The Kier molecular flexibility index (Phi) is 3.77. The Morgan fingerprint density at radius 2 is 2.14 bits per heavy atom. The van der Waals surface area contributed by atoms with Crippen LogP contribution in [-0.4, -0.2) is 16.6 Å². The van der Waals surface area contributed by atoms with Crippen LogP contribution in [0.5, 0.6) is 5.75 Å². The van der Waals surface area contributed by atoms with Crippen molar-refractivity contribution < 1.29 is 5.11 Å². The first-order valence-electron chi connectivity index (χ1n) is 7.52. The van der Waals surface area contributed by atoms with Gasteiger partial charge in [-0.15, -0.1) is 0 Å². The highest BCUT2D eigenvalue weighted by molar-refractivity contribution is 7.98. The lowest BCUT2D eigenvalue weighted by atomic mass is 9.71. The molecule has 0 aromatic heterocycles. The zero-order chi connectivity index (χ0) is 15.3. The number of phenols is 1. The molecule has 0 heterocycles. The van der Waals surface area contributed by atoms with E-state index in [1.807, 2.05) is 0 Å². The summed E-state index contributed by atoms with van der Waals surface area (Å²) in [5.41, 5.74) is 1.47. The molecule has 2 aliphatic carbocycles. The molecule has 1 aromatic rings. The minimum Gasteiger partial charge on any atom is -0.507 e. The molecular formula is C17H22ClNOS. The number of rotatable bonds is 3. The van der Waals surface area contributed by atoms with Crippen molar-refractivity contribution in [3.63, 3.8) is 0 Å². The third-order valence-electron chi connectivity index (χ3n) is 6.08. The van der Waals surface area contributed by atoms with Gasteiger partial charge in [0.25, 0.3) is 0 Å². The van der Waals surface area contributed by atoms with Gasteiger partial charge in [-0.05, 0) is 66.2 Å². The van der Waals surface area contributed by atoms with Gasteiger partial charge in [0.2, 0.25) is 0 Å². The van der Waals surface area contributed by atoms with Gasteiger partial charge in [-0.1, -0.05) is 32.4 Å². The van der Waals surface area contributed by atoms with Gasteiger partial charge in [0, 0.05) is 22.1 Å². The zero-order valence-corrected chi connectivity index (χ0v) is 14.3. The predicted molar refractivity (Wildman–Crippen MR) is 91.3 cm³/mol. The summed E-state index contributed by atoms with van der Waals surface area (Å²) in [7, 11) is 0. The maximum absolute atomic E-state index is 9.81. The lowest BCUT2D eigenvalue weighted by molar-refractivity contribution is 0.156. The molecule has 2 nitrogen and oxygen atoms in total. The molecule has 1 N–H and O–H groups in total. The molecule has 0 aliphatic heterocycles. The third-order valence-corrected chi connectivity index (χ3v) is 7.51. The second kappa shape index (κ2) is 5.20. The van der Waals surface area contributed by atoms with E-state index in [0.29, 0.717) is 26.7 Å². The van der Waals surface area contributed by atoms with Crippen molar-refractivity contribution in [3.05, 3.63) is 28.8 Å². The molecule has 2 bridgehead atoms. The molecule has 0 saturated heterocycles.